The van der Waals surface area contributed by atoms with E-state index in [0.717, 1.165) is 47.0 Å². The van der Waals surface area contributed by atoms with Gasteiger partial charge in [-0.15, -0.1) is 11.3 Å². The van der Waals surface area contributed by atoms with Crippen molar-refractivity contribution >= 4 is 27.5 Å². The first kappa shape index (κ1) is 18.4. The Morgan fingerprint density at radius 1 is 1.17 bits per heavy atom. The molecule has 7 heteroatoms. The van der Waals surface area contributed by atoms with Gasteiger partial charge in [0.25, 0.3) is 0 Å². The Bertz CT molecular complexity index is 1000. The van der Waals surface area contributed by atoms with Crippen molar-refractivity contribution in [3.05, 3.63) is 53.0 Å². The highest BCUT2D eigenvalue weighted by molar-refractivity contribution is 7.18. The summed E-state index contributed by atoms with van der Waals surface area (Å²) in [5.74, 6) is 1.53. The van der Waals surface area contributed by atoms with Crippen molar-refractivity contribution in [2.75, 3.05) is 19.9 Å². The van der Waals surface area contributed by atoms with Gasteiger partial charge in [0, 0.05) is 6.54 Å². The summed E-state index contributed by atoms with van der Waals surface area (Å²) in [4.78, 5) is 19.8. The molecule has 0 bridgehead atoms. The van der Waals surface area contributed by atoms with Crippen molar-refractivity contribution in [1.82, 2.24) is 15.2 Å². The fourth-order valence-electron chi connectivity index (χ4n) is 3.98. The van der Waals surface area contributed by atoms with Crippen LogP contribution >= 0.6 is 11.3 Å². The van der Waals surface area contributed by atoms with Gasteiger partial charge < -0.3 is 14.8 Å². The SMILES string of the molecule is O=C(CN1CCCC[C@H]1c1nc2ccccc2s1)NCc1ccc2c(c1)OCO2. The number of thiazole rings is 1. The second-order valence-corrected chi connectivity index (χ2v) is 8.53. The molecule has 6 nitrogen and oxygen atoms in total. The summed E-state index contributed by atoms with van der Waals surface area (Å²) in [5, 5.41) is 4.16. The molecule has 2 aliphatic rings. The molecule has 2 aromatic carbocycles. The van der Waals surface area contributed by atoms with E-state index in [1.165, 1.54) is 11.1 Å². The van der Waals surface area contributed by atoms with Crippen LogP contribution < -0.4 is 14.8 Å². The van der Waals surface area contributed by atoms with Gasteiger partial charge in [0.1, 0.15) is 5.01 Å². The maximum absolute atomic E-state index is 12.6. The average molecular weight is 410 g/mol. The number of likely N-dealkylation sites (tertiary alicyclic amines) is 1. The Balaban J connectivity index is 1.23. The predicted octanol–water partition coefficient (Wildman–Crippen LogP) is 3.87. The van der Waals surface area contributed by atoms with E-state index in [1.54, 1.807) is 11.3 Å². The largest absolute Gasteiger partial charge is 0.454 e. The average Bonchev–Trinajstić information content (AvgIpc) is 3.39. The number of ether oxygens (including phenoxy) is 2. The molecule has 29 heavy (non-hydrogen) atoms. The third-order valence-electron chi connectivity index (χ3n) is 5.48. The van der Waals surface area contributed by atoms with Crippen molar-refractivity contribution in [2.45, 2.75) is 31.8 Å². The second-order valence-electron chi connectivity index (χ2n) is 7.47. The van der Waals surface area contributed by atoms with Gasteiger partial charge in [0.05, 0.1) is 22.8 Å². The highest BCUT2D eigenvalue weighted by Crippen LogP contribution is 2.35. The van der Waals surface area contributed by atoms with Crippen LogP contribution in [0.3, 0.4) is 0 Å². The summed E-state index contributed by atoms with van der Waals surface area (Å²) in [6.07, 6.45) is 3.35. The first-order valence-corrected chi connectivity index (χ1v) is 10.8. The number of nitrogens with zero attached hydrogens (tertiary/aromatic N) is 2. The fourth-order valence-corrected chi connectivity index (χ4v) is 5.12. The zero-order valence-corrected chi connectivity index (χ0v) is 16.9. The lowest BCUT2D eigenvalue weighted by molar-refractivity contribution is -0.123. The van der Waals surface area contributed by atoms with E-state index in [4.69, 9.17) is 14.5 Å². The van der Waals surface area contributed by atoms with Crippen LogP contribution in [0.25, 0.3) is 10.2 Å². The number of carbonyl (C=O) groups excluding carboxylic acids is 1. The molecule has 1 saturated heterocycles. The molecule has 3 heterocycles. The summed E-state index contributed by atoms with van der Waals surface area (Å²) in [7, 11) is 0. The van der Waals surface area contributed by atoms with Crippen molar-refractivity contribution in [3.8, 4) is 11.5 Å². The first-order chi connectivity index (χ1) is 14.3. The Labute approximate surface area is 173 Å². The minimum absolute atomic E-state index is 0.0377. The van der Waals surface area contributed by atoms with E-state index >= 15 is 0 Å². The zero-order chi connectivity index (χ0) is 19.6. The minimum Gasteiger partial charge on any atom is -0.454 e. The van der Waals surface area contributed by atoms with Gasteiger partial charge in [-0.25, -0.2) is 4.98 Å². The quantitative estimate of drug-likeness (QED) is 0.693. The Hall–Kier alpha value is -2.64. The van der Waals surface area contributed by atoms with Crippen molar-refractivity contribution in [2.24, 2.45) is 0 Å². The number of nitrogens with one attached hydrogen (secondary N) is 1. The highest BCUT2D eigenvalue weighted by atomic mass is 32.1. The Kier molecular flexibility index (Phi) is 5.08. The third kappa shape index (κ3) is 3.93. The molecule has 1 aromatic heterocycles. The summed E-state index contributed by atoms with van der Waals surface area (Å²) in [6, 6.07) is 14.2. The normalized spacial score (nSPS) is 18.8. The van der Waals surface area contributed by atoms with Gasteiger partial charge in [0.2, 0.25) is 12.7 Å². The number of hydrogen-bond donors (Lipinski definition) is 1. The van der Waals surface area contributed by atoms with Gasteiger partial charge in [-0.1, -0.05) is 24.6 Å². The molecule has 2 aliphatic heterocycles. The molecule has 150 valence electrons. The van der Waals surface area contributed by atoms with E-state index in [9.17, 15) is 4.79 Å². The number of benzene rings is 2. The van der Waals surface area contributed by atoms with E-state index in [-0.39, 0.29) is 18.7 Å². The van der Waals surface area contributed by atoms with Crippen LogP contribution in [0.15, 0.2) is 42.5 Å². The van der Waals surface area contributed by atoms with Crippen LogP contribution in [0.4, 0.5) is 0 Å². The summed E-state index contributed by atoms with van der Waals surface area (Å²) < 4.78 is 11.9. The number of aromatic nitrogens is 1. The van der Waals surface area contributed by atoms with Crippen LogP contribution in [0.5, 0.6) is 11.5 Å². The molecule has 0 saturated carbocycles. The molecule has 1 N–H and O–H groups in total. The van der Waals surface area contributed by atoms with E-state index in [1.807, 2.05) is 30.3 Å². The third-order valence-corrected chi connectivity index (χ3v) is 6.62. The molecule has 0 aliphatic carbocycles. The summed E-state index contributed by atoms with van der Waals surface area (Å²) in [5.41, 5.74) is 2.05. The van der Waals surface area contributed by atoms with Gasteiger partial charge in [0.15, 0.2) is 11.5 Å². The van der Waals surface area contributed by atoms with Crippen LogP contribution in [0.1, 0.15) is 35.9 Å². The summed E-state index contributed by atoms with van der Waals surface area (Å²) >= 11 is 1.75. The Morgan fingerprint density at radius 3 is 3.00 bits per heavy atom. The highest BCUT2D eigenvalue weighted by Gasteiger charge is 2.28. The molecular formula is C22H23N3O3S. The van der Waals surface area contributed by atoms with Crippen LogP contribution in [-0.4, -0.2) is 35.7 Å². The van der Waals surface area contributed by atoms with E-state index in [0.29, 0.717) is 13.1 Å². The molecule has 0 unspecified atom stereocenters. The number of para-hydroxylation sites is 1. The lowest BCUT2D eigenvalue weighted by Gasteiger charge is -2.33. The van der Waals surface area contributed by atoms with Crippen LogP contribution in [0, 0.1) is 0 Å². The van der Waals surface area contributed by atoms with Crippen molar-refractivity contribution in [1.29, 1.82) is 0 Å². The topological polar surface area (TPSA) is 63.7 Å². The molecule has 1 amide bonds. The van der Waals surface area contributed by atoms with Crippen molar-refractivity contribution in [3.63, 3.8) is 0 Å². The minimum atomic E-state index is 0.0377. The van der Waals surface area contributed by atoms with Gasteiger partial charge in [-0.05, 0) is 49.2 Å². The lowest BCUT2D eigenvalue weighted by atomic mass is 10.0. The second kappa shape index (κ2) is 8.00. The molecule has 0 radical (unpaired) electrons. The molecule has 1 atom stereocenters. The predicted molar refractivity (Wildman–Crippen MR) is 112 cm³/mol. The van der Waals surface area contributed by atoms with Gasteiger partial charge in [-0.3, -0.25) is 9.69 Å². The molecule has 0 spiro atoms. The summed E-state index contributed by atoms with van der Waals surface area (Å²) in [6.45, 7) is 2.06. The monoisotopic (exact) mass is 409 g/mol. The lowest BCUT2D eigenvalue weighted by Crippen LogP contribution is -2.41. The van der Waals surface area contributed by atoms with Crippen LogP contribution in [0.2, 0.25) is 0 Å². The van der Waals surface area contributed by atoms with Gasteiger partial charge >= 0.3 is 0 Å². The first-order valence-electron chi connectivity index (χ1n) is 10.0. The molecule has 3 aromatic rings. The van der Waals surface area contributed by atoms with E-state index in [2.05, 4.69) is 22.3 Å². The number of rotatable bonds is 5. The fraction of sp³-hybridized carbons (Fsp3) is 0.364. The zero-order valence-electron chi connectivity index (χ0n) is 16.1. The number of amides is 1. The maximum atomic E-state index is 12.6. The number of carbonyl (C=O) groups is 1. The number of fused-ring (bicyclic) bond motifs is 2. The number of hydrogen-bond acceptors (Lipinski definition) is 6. The molecular weight excluding hydrogens is 386 g/mol. The molecule has 5 rings (SSSR count). The maximum Gasteiger partial charge on any atom is 0.234 e. The van der Waals surface area contributed by atoms with Crippen LogP contribution in [-0.2, 0) is 11.3 Å². The van der Waals surface area contributed by atoms with Gasteiger partial charge in [-0.2, -0.15) is 0 Å². The number of piperidine rings is 1. The standard InChI is InChI=1S/C22H23N3O3S/c26-21(23-12-15-8-9-18-19(11-15)28-14-27-18)13-25-10-4-3-6-17(25)22-24-16-5-1-2-7-20(16)29-22/h1-2,5,7-9,11,17H,3-4,6,10,12-14H2,(H,23,26)/t17-/m0/s1. The van der Waals surface area contributed by atoms with Crippen molar-refractivity contribution < 1.29 is 14.3 Å². The molecule has 1 fully saturated rings. The Morgan fingerprint density at radius 2 is 2.07 bits per heavy atom. The smallest absolute Gasteiger partial charge is 0.234 e. The van der Waals surface area contributed by atoms with E-state index < -0.39 is 0 Å².